The number of fused-ring (bicyclic) bond motifs is 2. The van der Waals surface area contributed by atoms with Crippen LogP contribution in [0.4, 0.5) is 0 Å². The van der Waals surface area contributed by atoms with Crippen molar-refractivity contribution in [3.63, 3.8) is 0 Å². The molecule has 0 saturated carbocycles. The van der Waals surface area contributed by atoms with E-state index in [0.29, 0.717) is 6.04 Å². The molecule has 0 amide bonds. The van der Waals surface area contributed by atoms with E-state index < -0.39 is 0 Å². The summed E-state index contributed by atoms with van der Waals surface area (Å²) in [5.41, 5.74) is 5.27. The average molecular weight is 280 g/mol. The van der Waals surface area contributed by atoms with Gasteiger partial charge in [-0.3, -0.25) is 0 Å². The van der Waals surface area contributed by atoms with Crippen LogP contribution in [0.3, 0.4) is 0 Å². The maximum atomic E-state index is 4.83. The van der Waals surface area contributed by atoms with Gasteiger partial charge in [-0.15, -0.1) is 11.3 Å². The van der Waals surface area contributed by atoms with Crippen LogP contribution < -0.4 is 5.32 Å². The summed E-state index contributed by atoms with van der Waals surface area (Å²) >= 11 is 1.81. The zero-order chi connectivity index (χ0) is 13.5. The van der Waals surface area contributed by atoms with Gasteiger partial charge >= 0.3 is 0 Å². The van der Waals surface area contributed by atoms with Gasteiger partial charge in [0.15, 0.2) is 0 Å². The Morgan fingerprint density at radius 1 is 1.15 bits per heavy atom. The van der Waals surface area contributed by atoms with E-state index in [0.717, 1.165) is 18.5 Å². The fourth-order valence-electron chi connectivity index (χ4n) is 2.83. The molecule has 1 aliphatic rings. The number of hydrogen-bond acceptors (Lipinski definition) is 3. The minimum atomic E-state index is 0.350. The van der Waals surface area contributed by atoms with Crippen molar-refractivity contribution in [1.29, 1.82) is 0 Å². The predicted molar refractivity (Wildman–Crippen MR) is 84.1 cm³/mol. The molecule has 4 rings (SSSR count). The third kappa shape index (κ3) is 2.03. The number of nitrogens with zero attached hydrogens (tertiary/aromatic N) is 1. The molecule has 1 aliphatic heterocycles. The SMILES string of the molecule is Cc1ccc2sc(C3Cc4ccccc4CN3)nc2c1. The third-order valence-corrected chi connectivity index (χ3v) is 5.09. The summed E-state index contributed by atoms with van der Waals surface area (Å²) in [6.07, 6.45) is 1.04. The van der Waals surface area contributed by atoms with Crippen LogP contribution in [0.1, 0.15) is 27.7 Å². The lowest BCUT2D eigenvalue weighted by molar-refractivity contribution is 0.497. The van der Waals surface area contributed by atoms with Crippen molar-refractivity contribution in [1.82, 2.24) is 10.3 Å². The Morgan fingerprint density at radius 2 is 2.00 bits per heavy atom. The first-order valence-corrected chi connectivity index (χ1v) is 7.78. The number of aromatic nitrogens is 1. The van der Waals surface area contributed by atoms with Gasteiger partial charge in [-0.1, -0.05) is 30.3 Å². The molecule has 1 atom stereocenters. The molecule has 1 aromatic heterocycles. The number of benzene rings is 2. The fourth-order valence-corrected chi connectivity index (χ4v) is 3.86. The van der Waals surface area contributed by atoms with Gasteiger partial charge in [0.05, 0.1) is 16.3 Å². The van der Waals surface area contributed by atoms with Crippen LogP contribution in [0.25, 0.3) is 10.2 Å². The van der Waals surface area contributed by atoms with E-state index in [1.54, 1.807) is 0 Å². The molecule has 0 spiro atoms. The van der Waals surface area contributed by atoms with Crippen molar-refractivity contribution < 1.29 is 0 Å². The largest absolute Gasteiger partial charge is 0.304 e. The molecule has 0 radical (unpaired) electrons. The summed E-state index contributed by atoms with van der Waals surface area (Å²) in [7, 11) is 0. The Hall–Kier alpha value is -1.71. The lowest BCUT2D eigenvalue weighted by Crippen LogP contribution is -2.28. The molecule has 0 bridgehead atoms. The number of hydrogen-bond donors (Lipinski definition) is 1. The normalized spacial score (nSPS) is 18.1. The van der Waals surface area contributed by atoms with Gasteiger partial charge in [0.25, 0.3) is 0 Å². The first-order chi connectivity index (χ1) is 9.79. The second-order valence-corrected chi connectivity index (χ2v) is 6.49. The van der Waals surface area contributed by atoms with Gasteiger partial charge in [0.2, 0.25) is 0 Å². The van der Waals surface area contributed by atoms with E-state index in [1.807, 2.05) is 11.3 Å². The molecule has 2 nitrogen and oxygen atoms in total. The lowest BCUT2D eigenvalue weighted by atomic mass is 9.96. The molecule has 3 aromatic rings. The average Bonchev–Trinajstić information content (AvgIpc) is 2.89. The molecule has 100 valence electrons. The Bertz CT molecular complexity index is 776. The van der Waals surface area contributed by atoms with Crippen LogP contribution in [-0.2, 0) is 13.0 Å². The number of rotatable bonds is 1. The maximum Gasteiger partial charge on any atom is 0.111 e. The quantitative estimate of drug-likeness (QED) is 0.729. The van der Waals surface area contributed by atoms with E-state index in [9.17, 15) is 0 Å². The third-order valence-electron chi connectivity index (χ3n) is 3.94. The van der Waals surface area contributed by atoms with E-state index in [2.05, 4.69) is 54.7 Å². The molecule has 0 saturated heterocycles. The highest BCUT2D eigenvalue weighted by Gasteiger charge is 2.21. The standard InChI is InChI=1S/C17H16N2S/c1-11-6-7-16-14(8-11)19-17(20-16)15-9-12-4-2-3-5-13(12)10-18-15/h2-8,15,18H,9-10H2,1H3. The summed E-state index contributed by atoms with van der Waals surface area (Å²) in [5.74, 6) is 0. The molecular weight excluding hydrogens is 264 g/mol. The van der Waals surface area contributed by atoms with Gasteiger partial charge in [0.1, 0.15) is 5.01 Å². The molecule has 3 heteroatoms. The topological polar surface area (TPSA) is 24.9 Å². The summed E-state index contributed by atoms with van der Waals surface area (Å²) in [6.45, 7) is 3.06. The molecule has 1 N–H and O–H groups in total. The first-order valence-electron chi connectivity index (χ1n) is 6.97. The molecule has 0 aliphatic carbocycles. The number of aryl methyl sites for hydroxylation is 1. The van der Waals surface area contributed by atoms with Crippen molar-refractivity contribution in [3.8, 4) is 0 Å². The number of nitrogens with one attached hydrogen (secondary N) is 1. The summed E-state index contributed by atoms with van der Waals surface area (Å²) in [4.78, 5) is 4.83. The van der Waals surface area contributed by atoms with Crippen LogP contribution in [0.15, 0.2) is 42.5 Å². The van der Waals surface area contributed by atoms with Crippen molar-refractivity contribution >= 4 is 21.6 Å². The zero-order valence-corrected chi connectivity index (χ0v) is 12.2. The van der Waals surface area contributed by atoms with E-state index >= 15 is 0 Å². The molecule has 1 unspecified atom stereocenters. The van der Waals surface area contributed by atoms with Crippen LogP contribution in [-0.4, -0.2) is 4.98 Å². The van der Waals surface area contributed by atoms with E-state index in [1.165, 1.54) is 26.4 Å². The summed E-state index contributed by atoms with van der Waals surface area (Å²) < 4.78 is 1.28. The highest BCUT2D eigenvalue weighted by molar-refractivity contribution is 7.18. The molecule has 20 heavy (non-hydrogen) atoms. The monoisotopic (exact) mass is 280 g/mol. The van der Waals surface area contributed by atoms with Crippen molar-refractivity contribution in [2.24, 2.45) is 0 Å². The van der Waals surface area contributed by atoms with Crippen molar-refractivity contribution in [2.75, 3.05) is 0 Å². The minimum absolute atomic E-state index is 0.350. The van der Waals surface area contributed by atoms with Gasteiger partial charge in [-0.2, -0.15) is 0 Å². The van der Waals surface area contributed by atoms with Crippen LogP contribution >= 0.6 is 11.3 Å². The lowest BCUT2D eigenvalue weighted by Gasteiger charge is -2.24. The van der Waals surface area contributed by atoms with Crippen LogP contribution in [0.5, 0.6) is 0 Å². The van der Waals surface area contributed by atoms with Crippen molar-refractivity contribution in [3.05, 3.63) is 64.2 Å². The molecule has 2 heterocycles. The van der Waals surface area contributed by atoms with Gasteiger partial charge < -0.3 is 5.32 Å². The second kappa shape index (κ2) is 4.69. The zero-order valence-electron chi connectivity index (χ0n) is 11.4. The highest BCUT2D eigenvalue weighted by atomic mass is 32.1. The molecular formula is C17H16N2S. The van der Waals surface area contributed by atoms with Crippen LogP contribution in [0.2, 0.25) is 0 Å². The van der Waals surface area contributed by atoms with Crippen LogP contribution in [0, 0.1) is 6.92 Å². The van der Waals surface area contributed by atoms with Crippen molar-refractivity contribution in [2.45, 2.75) is 25.9 Å². The summed E-state index contributed by atoms with van der Waals surface area (Å²) in [5, 5.41) is 4.82. The Kier molecular flexibility index (Phi) is 2.83. The van der Waals surface area contributed by atoms with Gasteiger partial charge in [-0.05, 0) is 42.2 Å². The Morgan fingerprint density at radius 3 is 2.90 bits per heavy atom. The second-order valence-electron chi connectivity index (χ2n) is 5.43. The maximum absolute atomic E-state index is 4.83. The molecule has 0 fully saturated rings. The predicted octanol–water partition coefficient (Wildman–Crippen LogP) is 3.99. The smallest absolute Gasteiger partial charge is 0.111 e. The van der Waals surface area contributed by atoms with Gasteiger partial charge in [-0.25, -0.2) is 4.98 Å². The summed E-state index contributed by atoms with van der Waals surface area (Å²) in [6, 6.07) is 15.6. The fraction of sp³-hybridized carbons (Fsp3) is 0.235. The molecule has 2 aromatic carbocycles. The first kappa shape index (κ1) is 12.1. The van der Waals surface area contributed by atoms with Gasteiger partial charge in [0, 0.05) is 6.54 Å². The highest BCUT2D eigenvalue weighted by Crippen LogP contribution is 2.31. The Balaban J connectivity index is 1.70. The van der Waals surface area contributed by atoms with E-state index in [4.69, 9.17) is 4.98 Å². The van der Waals surface area contributed by atoms with E-state index in [-0.39, 0.29) is 0 Å². The number of thiazole rings is 1. The minimum Gasteiger partial charge on any atom is -0.304 e. The Labute approximate surface area is 122 Å².